The lowest BCUT2D eigenvalue weighted by Gasteiger charge is -2.01. The fourth-order valence-corrected chi connectivity index (χ4v) is 1.96. The van der Waals surface area contributed by atoms with Crippen molar-refractivity contribution in [2.24, 2.45) is 10.9 Å². The van der Waals surface area contributed by atoms with Crippen molar-refractivity contribution in [1.29, 1.82) is 0 Å². The molecule has 0 radical (unpaired) electrons. The van der Waals surface area contributed by atoms with Crippen LogP contribution in [0, 0.1) is 3.57 Å². The summed E-state index contributed by atoms with van der Waals surface area (Å²) < 4.78 is 0.951. The van der Waals surface area contributed by atoms with Crippen LogP contribution in [0.5, 0.6) is 0 Å². The van der Waals surface area contributed by atoms with Gasteiger partial charge in [0.1, 0.15) is 0 Å². The predicted molar refractivity (Wildman–Crippen MR) is 81.7 cm³/mol. The van der Waals surface area contributed by atoms with Gasteiger partial charge in [-0.1, -0.05) is 41.6 Å². The van der Waals surface area contributed by atoms with Gasteiger partial charge >= 0.3 is 5.97 Å². The Kier molecular flexibility index (Phi) is 4.51. The first kappa shape index (κ1) is 13.5. The molecule has 0 unspecified atom stereocenters. The van der Waals surface area contributed by atoms with E-state index in [2.05, 4.69) is 27.7 Å². The first-order valence-corrected chi connectivity index (χ1v) is 6.60. The van der Waals surface area contributed by atoms with Crippen LogP contribution in [-0.4, -0.2) is 11.8 Å². The zero-order valence-corrected chi connectivity index (χ0v) is 12.1. The molecule has 19 heavy (non-hydrogen) atoms. The molecule has 2 N–H and O–H groups in total. The number of halogens is 1. The van der Waals surface area contributed by atoms with Crippen molar-refractivity contribution >= 4 is 34.4 Å². The predicted octanol–water partition coefficient (Wildman–Crippen LogP) is 2.77. The highest BCUT2D eigenvalue weighted by Crippen LogP contribution is 2.09. The summed E-state index contributed by atoms with van der Waals surface area (Å²) in [7, 11) is 0. The third kappa shape index (κ3) is 3.78. The monoisotopic (exact) mass is 366 g/mol. The van der Waals surface area contributed by atoms with E-state index >= 15 is 0 Å². The summed E-state index contributed by atoms with van der Waals surface area (Å²) in [5.41, 5.74) is 6.87. The highest BCUT2D eigenvalue weighted by molar-refractivity contribution is 14.1. The van der Waals surface area contributed by atoms with E-state index in [-0.39, 0.29) is 5.84 Å². The summed E-state index contributed by atoms with van der Waals surface area (Å²) in [6, 6.07) is 16.2. The molecule has 0 fully saturated rings. The van der Waals surface area contributed by atoms with Crippen LogP contribution in [0.2, 0.25) is 0 Å². The van der Waals surface area contributed by atoms with Gasteiger partial charge in [-0.2, -0.15) is 0 Å². The van der Waals surface area contributed by atoms with Crippen LogP contribution < -0.4 is 5.73 Å². The quantitative estimate of drug-likeness (QED) is 0.299. The molecule has 0 spiro atoms. The Bertz CT molecular complexity index is 612. The van der Waals surface area contributed by atoms with E-state index in [1.165, 1.54) is 0 Å². The summed E-state index contributed by atoms with van der Waals surface area (Å²) in [6.07, 6.45) is 0. The third-order valence-electron chi connectivity index (χ3n) is 2.36. The minimum atomic E-state index is -0.530. The lowest BCUT2D eigenvalue weighted by atomic mass is 10.2. The Labute approximate surface area is 124 Å². The first-order valence-electron chi connectivity index (χ1n) is 5.52. The van der Waals surface area contributed by atoms with Gasteiger partial charge in [0.2, 0.25) is 0 Å². The van der Waals surface area contributed by atoms with Crippen molar-refractivity contribution in [1.82, 2.24) is 0 Å². The number of amidine groups is 1. The van der Waals surface area contributed by atoms with Gasteiger partial charge in [-0.25, -0.2) is 4.79 Å². The number of carbonyl (C=O) groups excluding carboxylic acids is 1. The van der Waals surface area contributed by atoms with Crippen LogP contribution in [-0.2, 0) is 4.84 Å². The normalized spacial score (nSPS) is 11.1. The Balaban J connectivity index is 2.08. The van der Waals surface area contributed by atoms with Crippen molar-refractivity contribution in [3.8, 4) is 0 Å². The molecular weight excluding hydrogens is 355 g/mol. The molecule has 0 saturated carbocycles. The Morgan fingerprint density at radius 3 is 2.42 bits per heavy atom. The van der Waals surface area contributed by atoms with Gasteiger partial charge in [-0.05, 0) is 40.8 Å². The summed E-state index contributed by atoms with van der Waals surface area (Å²) in [5, 5.41) is 3.64. The van der Waals surface area contributed by atoms with Crippen molar-refractivity contribution < 1.29 is 9.63 Å². The second kappa shape index (κ2) is 6.33. The van der Waals surface area contributed by atoms with Crippen LogP contribution in [0.25, 0.3) is 0 Å². The van der Waals surface area contributed by atoms with Crippen LogP contribution in [0.15, 0.2) is 59.8 Å². The van der Waals surface area contributed by atoms with Crippen LogP contribution in [0.1, 0.15) is 15.9 Å². The highest BCUT2D eigenvalue weighted by atomic mass is 127. The number of carbonyl (C=O) groups is 1. The molecule has 0 saturated heterocycles. The zero-order chi connectivity index (χ0) is 13.7. The topological polar surface area (TPSA) is 64.7 Å². The molecule has 2 aromatic rings. The molecule has 0 atom stereocenters. The van der Waals surface area contributed by atoms with Crippen LogP contribution >= 0.6 is 22.6 Å². The van der Waals surface area contributed by atoms with E-state index in [1.54, 1.807) is 30.3 Å². The molecule has 0 aliphatic rings. The lowest BCUT2D eigenvalue weighted by molar-refractivity contribution is 0.0516. The van der Waals surface area contributed by atoms with Gasteiger partial charge in [0.25, 0.3) is 0 Å². The standard InChI is InChI=1S/C14H11IN2O2/c15-12-8-4-7-11(9-12)14(18)19-17-13(16)10-5-2-1-3-6-10/h1-9H,(H2,16,17). The Morgan fingerprint density at radius 2 is 1.74 bits per heavy atom. The largest absolute Gasteiger partial charge is 0.380 e. The molecule has 0 amide bonds. The van der Waals surface area contributed by atoms with Crippen LogP contribution in [0.4, 0.5) is 0 Å². The van der Waals surface area contributed by atoms with E-state index in [0.717, 1.165) is 3.57 Å². The number of rotatable bonds is 3. The summed E-state index contributed by atoms with van der Waals surface area (Å²) >= 11 is 2.12. The molecule has 0 bridgehead atoms. The molecule has 96 valence electrons. The Morgan fingerprint density at radius 1 is 1.05 bits per heavy atom. The molecule has 0 aromatic heterocycles. The van der Waals surface area contributed by atoms with Gasteiger partial charge in [-0.15, -0.1) is 0 Å². The van der Waals surface area contributed by atoms with E-state index < -0.39 is 5.97 Å². The zero-order valence-electron chi connectivity index (χ0n) is 9.92. The number of nitrogens with zero attached hydrogens (tertiary/aromatic N) is 1. The van der Waals surface area contributed by atoms with Crippen molar-refractivity contribution in [2.75, 3.05) is 0 Å². The average Bonchev–Trinajstić information content (AvgIpc) is 2.45. The minimum Gasteiger partial charge on any atom is -0.380 e. The molecule has 4 nitrogen and oxygen atoms in total. The molecule has 0 heterocycles. The number of nitrogens with two attached hydrogens (primary N) is 1. The van der Waals surface area contributed by atoms with Gasteiger partial charge in [0, 0.05) is 9.13 Å². The number of hydrogen-bond acceptors (Lipinski definition) is 3. The number of oxime groups is 1. The first-order chi connectivity index (χ1) is 9.16. The maximum Gasteiger partial charge on any atom is 0.365 e. The SMILES string of the molecule is NC(=NOC(=O)c1cccc(I)c1)c1ccccc1. The average molecular weight is 366 g/mol. The van der Waals surface area contributed by atoms with E-state index in [4.69, 9.17) is 10.6 Å². The molecule has 0 aliphatic carbocycles. The second-order valence-electron chi connectivity index (χ2n) is 3.73. The van der Waals surface area contributed by atoms with Crippen LogP contribution in [0.3, 0.4) is 0 Å². The van der Waals surface area contributed by atoms with E-state index in [1.807, 2.05) is 24.3 Å². The second-order valence-corrected chi connectivity index (χ2v) is 4.98. The van der Waals surface area contributed by atoms with Gasteiger partial charge in [0.15, 0.2) is 5.84 Å². The number of benzene rings is 2. The molecular formula is C14H11IN2O2. The van der Waals surface area contributed by atoms with E-state index in [0.29, 0.717) is 11.1 Å². The summed E-state index contributed by atoms with van der Waals surface area (Å²) in [5.74, 6) is -0.364. The van der Waals surface area contributed by atoms with Crippen molar-refractivity contribution in [3.05, 3.63) is 69.3 Å². The lowest BCUT2D eigenvalue weighted by Crippen LogP contribution is -2.15. The van der Waals surface area contributed by atoms with Gasteiger partial charge in [-0.3, -0.25) is 0 Å². The summed E-state index contributed by atoms with van der Waals surface area (Å²) in [6.45, 7) is 0. The fourth-order valence-electron chi connectivity index (χ4n) is 1.42. The highest BCUT2D eigenvalue weighted by Gasteiger charge is 2.08. The van der Waals surface area contributed by atoms with Gasteiger partial charge in [0.05, 0.1) is 5.56 Å². The number of hydrogen-bond donors (Lipinski definition) is 1. The fraction of sp³-hybridized carbons (Fsp3) is 0. The molecule has 2 aromatic carbocycles. The van der Waals surface area contributed by atoms with Gasteiger partial charge < -0.3 is 10.6 Å². The summed E-state index contributed by atoms with van der Waals surface area (Å²) in [4.78, 5) is 16.6. The molecule has 0 aliphatic heterocycles. The minimum absolute atomic E-state index is 0.166. The Hall–Kier alpha value is -1.89. The third-order valence-corrected chi connectivity index (χ3v) is 3.03. The van der Waals surface area contributed by atoms with E-state index in [9.17, 15) is 4.79 Å². The van der Waals surface area contributed by atoms with Crippen molar-refractivity contribution in [2.45, 2.75) is 0 Å². The molecule has 5 heteroatoms. The van der Waals surface area contributed by atoms with Crippen molar-refractivity contribution in [3.63, 3.8) is 0 Å². The smallest absolute Gasteiger partial charge is 0.365 e. The maximum atomic E-state index is 11.7. The molecule has 2 rings (SSSR count). The maximum absolute atomic E-state index is 11.7.